The summed E-state index contributed by atoms with van der Waals surface area (Å²) in [6.45, 7) is 0. The Balaban J connectivity index is 1.59. The largest absolute Gasteiger partial charge is 0.497 e. The van der Waals surface area contributed by atoms with Crippen LogP contribution in [0.4, 0.5) is 5.69 Å². The third-order valence-corrected chi connectivity index (χ3v) is 4.70. The first kappa shape index (κ1) is 19.1. The number of carbonyl (C=O) groups is 1. The molecule has 9 heteroatoms. The topological polar surface area (TPSA) is 89.1 Å². The zero-order valence-corrected chi connectivity index (χ0v) is 16.2. The minimum absolute atomic E-state index is 0.160. The van der Waals surface area contributed by atoms with Crippen LogP contribution in [0.1, 0.15) is 0 Å². The molecule has 0 bridgehead atoms. The van der Waals surface area contributed by atoms with Crippen molar-refractivity contribution in [3.63, 3.8) is 0 Å². The molecular weight excluding hydrogens is 388 g/mol. The molecule has 0 saturated carbocycles. The first-order chi connectivity index (χ1) is 13.1. The summed E-state index contributed by atoms with van der Waals surface area (Å²) in [7, 11) is 3.10. The minimum atomic E-state index is -0.193. The first-order valence-corrected chi connectivity index (χ1v) is 9.28. The second-order valence-corrected chi connectivity index (χ2v) is 6.76. The lowest BCUT2D eigenvalue weighted by atomic mass is 10.2. The summed E-state index contributed by atoms with van der Waals surface area (Å²) in [6, 6.07) is 12.4. The van der Waals surface area contributed by atoms with Crippen LogP contribution in [0.15, 0.2) is 47.6 Å². The number of halogens is 1. The van der Waals surface area contributed by atoms with Crippen LogP contribution < -0.4 is 14.8 Å². The lowest BCUT2D eigenvalue weighted by Crippen LogP contribution is -2.14. The number of nitrogens with zero attached hydrogens (tertiary/aromatic N) is 2. The van der Waals surface area contributed by atoms with Crippen molar-refractivity contribution in [3.8, 4) is 22.9 Å². The number of hydrogen-bond donors (Lipinski definition) is 2. The van der Waals surface area contributed by atoms with Gasteiger partial charge in [-0.25, -0.2) is 4.98 Å². The van der Waals surface area contributed by atoms with Crippen molar-refractivity contribution >= 4 is 35.0 Å². The first-order valence-electron chi connectivity index (χ1n) is 7.92. The molecule has 27 heavy (non-hydrogen) atoms. The highest BCUT2D eigenvalue weighted by Crippen LogP contribution is 2.29. The number of benzene rings is 2. The van der Waals surface area contributed by atoms with Crippen molar-refractivity contribution in [2.75, 3.05) is 25.3 Å². The number of aromatic amines is 1. The molecule has 0 unspecified atom stereocenters. The summed E-state index contributed by atoms with van der Waals surface area (Å²) in [5, 5.41) is 10.9. The zero-order valence-electron chi connectivity index (χ0n) is 14.7. The fourth-order valence-electron chi connectivity index (χ4n) is 2.27. The molecule has 1 amide bonds. The molecule has 0 fully saturated rings. The molecule has 0 aliphatic heterocycles. The Hall–Kier alpha value is -2.71. The molecule has 0 saturated heterocycles. The summed E-state index contributed by atoms with van der Waals surface area (Å²) in [5.41, 5.74) is 1.44. The zero-order chi connectivity index (χ0) is 19.2. The van der Waals surface area contributed by atoms with Crippen LogP contribution in [0.2, 0.25) is 5.02 Å². The van der Waals surface area contributed by atoms with Crippen molar-refractivity contribution in [2.24, 2.45) is 0 Å². The van der Waals surface area contributed by atoms with Gasteiger partial charge in [-0.1, -0.05) is 23.4 Å². The summed E-state index contributed by atoms with van der Waals surface area (Å²) < 4.78 is 10.4. The van der Waals surface area contributed by atoms with E-state index in [1.54, 1.807) is 37.4 Å². The van der Waals surface area contributed by atoms with E-state index in [2.05, 4.69) is 20.5 Å². The number of nitrogens with one attached hydrogen (secondary N) is 2. The lowest BCUT2D eigenvalue weighted by molar-refractivity contribution is -0.113. The highest BCUT2D eigenvalue weighted by Gasteiger charge is 2.12. The highest BCUT2D eigenvalue weighted by atomic mass is 35.5. The number of H-pyrrole nitrogens is 1. The Morgan fingerprint density at radius 2 is 1.96 bits per heavy atom. The predicted octanol–water partition coefficient (Wildman–Crippen LogP) is 3.87. The molecule has 0 aliphatic rings. The van der Waals surface area contributed by atoms with E-state index in [0.717, 1.165) is 5.56 Å². The third-order valence-electron chi connectivity index (χ3n) is 3.60. The van der Waals surface area contributed by atoms with Gasteiger partial charge in [0, 0.05) is 16.7 Å². The molecule has 1 heterocycles. The molecule has 0 radical (unpaired) electrons. The Kier molecular flexibility index (Phi) is 6.20. The van der Waals surface area contributed by atoms with E-state index in [-0.39, 0.29) is 11.7 Å². The smallest absolute Gasteiger partial charge is 0.234 e. The van der Waals surface area contributed by atoms with Gasteiger partial charge in [0.1, 0.15) is 11.5 Å². The van der Waals surface area contributed by atoms with Gasteiger partial charge in [0.25, 0.3) is 0 Å². The fraction of sp³-hybridized carbons (Fsp3) is 0.167. The van der Waals surface area contributed by atoms with Crippen LogP contribution >= 0.6 is 23.4 Å². The Labute approximate surface area is 165 Å². The lowest BCUT2D eigenvalue weighted by Gasteiger charge is -2.11. The van der Waals surface area contributed by atoms with Crippen molar-refractivity contribution in [1.29, 1.82) is 0 Å². The van der Waals surface area contributed by atoms with Crippen molar-refractivity contribution < 1.29 is 14.3 Å². The van der Waals surface area contributed by atoms with Crippen molar-refractivity contribution in [3.05, 3.63) is 47.5 Å². The summed E-state index contributed by atoms with van der Waals surface area (Å²) >= 11 is 7.11. The Bertz CT molecular complexity index is 931. The molecule has 0 aliphatic carbocycles. The van der Waals surface area contributed by atoms with E-state index in [1.165, 1.54) is 18.9 Å². The number of methoxy groups -OCH3 is 2. The highest BCUT2D eigenvalue weighted by molar-refractivity contribution is 7.99. The molecule has 2 aromatic carbocycles. The number of hydrogen-bond acceptors (Lipinski definition) is 6. The average Bonchev–Trinajstić information content (AvgIpc) is 3.16. The molecule has 2 N–H and O–H groups in total. The monoisotopic (exact) mass is 404 g/mol. The molecule has 3 rings (SSSR count). The number of anilines is 1. The average molecular weight is 405 g/mol. The van der Waals surface area contributed by atoms with Gasteiger partial charge in [-0.15, -0.1) is 5.10 Å². The van der Waals surface area contributed by atoms with Gasteiger partial charge in [-0.2, -0.15) is 0 Å². The molecule has 3 aromatic rings. The van der Waals surface area contributed by atoms with Crippen LogP contribution in [0, 0.1) is 0 Å². The standard InChI is InChI=1S/C18H17ClN4O3S/c1-25-13-7-8-14(15(9-13)26-2)20-16(24)10-27-18-21-17(22-23-18)11-3-5-12(19)6-4-11/h3-9H,10H2,1-2H3,(H,20,24)(H,21,22,23). The maximum absolute atomic E-state index is 12.2. The van der Waals surface area contributed by atoms with E-state index < -0.39 is 0 Å². The van der Waals surface area contributed by atoms with Crippen LogP contribution in [0.5, 0.6) is 11.5 Å². The Morgan fingerprint density at radius 1 is 1.19 bits per heavy atom. The third kappa shape index (κ3) is 4.93. The van der Waals surface area contributed by atoms with Crippen LogP contribution in [-0.2, 0) is 4.79 Å². The predicted molar refractivity (Wildman–Crippen MR) is 106 cm³/mol. The van der Waals surface area contributed by atoms with Gasteiger partial charge >= 0.3 is 0 Å². The number of aromatic nitrogens is 3. The quantitative estimate of drug-likeness (QED) is 0.581. The van der Waals surface area contributed by atoms with Gasteiger partial charge in [0.05, 0.1) is 25.7 Å². The maximum Gasteiger partial charge on any atom is 0.234 e. The normalized spacial score (nSPS) is 10.5. The van der Waals surface area contributed by atoms with Crippen molar-refractivity contribution in [1.82, 2.24) is 15.2 Å². The van der Waals surface area contributed by atoms with E-state index in [0.29, 0.717) is 33.2 Å². The van der Waals surface area contributed by atoms with E-state index in [1.807, 2.05) is 12.1 Å². The van der Waals surface area contributed by atoms with Crippen LogP contribution in [0.3, 0.4) is 0 Å². The maximum atomic E-state index is 12.2. The minimum Gasteiger partial charge on any atom is -0.497 e. The van der Waals surface area contributed by atoms with E-state index in [9.17, 15) is 4.79 Å². The van der Waals surface area contributed by atoms with Crippen molar-refractivity contribution in [2.45, 2.75) is 5.16 Å². The van der Waals surface area contributed by atoms with Gasteiger partial charge < -0.3 is 14.8 Å². The number of rotatable bonds is 7. The molecule has 1 aromatic heterocycles. The van der Waals surface area contributed by atoms with E-state index >= 15 is 0 Å². The van der Waals surface area contributed by atoms with Gasteiger partial charge in [-0.05, 0) is 36.4 Å². The SMILES string of the molecule is COc1ccc(NC(=O)CSc2n[nH]c(-c3ccc(Cl)cc3)n2)c(OC)c1. The summed E-state index contributed by atoms with van der Waals surface area (Å²) in [4.78, 5) is 16.6. The number of ether oxygens (including phenoxy) is 2. The second-order valence-electron chi connectivity index (χ2n) is 5.38. The van der Waals surface area contributed by atoms with Gasteiger partial charge in [-0.3, -0.25) is 9.89 Å². The fourth-order valence-corrected chi connectivity index (χ4v) is 2.99. The van der Waals surface area contributed by atoms with Gasteiger partial charge in [0.2, 0.25) is 11.1 Å². The molecular formula is C18H17ClN4O3S. The molecule has 140 valence electrons. The van der Waals surface area contributed by atoms with Gasteiger partial charge in [0.15, 0.2) is 5.82 Å². The number of thioether (sulfide) groups is 1. The number of amides is 1. The molecule has 7 nitrogen and oxygen atoms in total. The Morgan fingerprint density at radius 3 is 2.67 bits per heavy atom. The van der Waals surface area contributed by atoms with E-state index in [4.69, 9.17) is 21.1 Å². The van der Waals surface area contributed by atoms with Crippen LogP contribution in [-0.4, -0.2) is 41.1 Å². The molecule has 0 atom stereocenters. The number of carbonyl (C=O) groups excluding carboxylic acids is 1. The second kappa shape index (κ2) is 8.79. The summed E-state index contributed by atoms with van der Waals surface area (Å²) in [6.07, 6.45) is 0. The summed E-state index contributed by atoms with van der Waals surface area (Å²) in [5.74, 6) is 1.76. The van der Waals surface area contributed by atoms with Crippen LogP contribution in [0.25, 0.3) is 11.4 Å². The molecule has 0 spiro atoms.